The van der Waals surface area contributed by atoms with Gasteiger partial charge in [-0.15, -0.1) is 0 Å². The van der Waals surface area contributed by atoms with Crippen molar-refractivity contribution in [2.45, 2.75) is 33.1 Å². The quantitative estimate of drug-likeness (QED) is 0.743. The van der Waals surface area contributed by atoms with E-state index in [4.69, 9.17) is 4.42 Å². The second-order valence-corrected chi connectivity index (χ2v) is 6.94. The second kappa shape index (κ2) is 5.84. The molecule has 112 valence electrons. The van der Waals surface area contributed by atoms with Crippen molar-refractivity contribution in [1.82, 2.24) is 4.90 Å². The van der Waals surface area contributed by atoms with Gasteiger partial charge < -0.3 is 9.32 Å². The SMILES string of the molecule is Cc1c(C(=O)N2CCCC(C)CC2)oc2ccc(Br)cc12. The van der Waals surface area contributed by atoms with Crippen LogP contribution < -0.4 is 0 Å². The molecule has 1 fully saturated rings. The summed E-state index contributed by atoms with van der Waals surface area (Å²) in [5, 5.41) is 1.01. The van der Waals surface area contributed by atoms with Crippen LogP contribution in [0.25, 0.3) is 11.0 Å². The number of rotatable bonds is 1. The molecule has 1 atom stereocenters. The number of hydrogen-bond donors (Lipinski definition) is 0. The lowest BCUT2D eigenvalue weighted by molar-refractivity contribution is 0.0730. The molecule has 2 heterocycles. The van der Waals surface area contributed by atoms with E-state index in [9.17, 15) is 4.79 Å². The largest absolute Gasteiger partial charge is 0.451 e. The average Bonchev–Trinajstić information content (AvgIpc) is 2.64. The third-order valence-corrected chi connectivity index (χ3v) is 4.89. The van der Waals surface area contributed by atoms with Gasteiger partial charge in [0.05, 0.1) is 0 Å². The first kappa shape index (κ1) is 14.6. The Balaban J connectivity index is 1.92. The highest BCUT2D eigenvalue weighted by Gasteiger charge is 2.25. The fraction of sp³-hybridized carbons (Fsp3) is 0.471. The third kappa shape index (κ3) is 2.86. The number of hydrogen-bond acceptors (Lipinski definition) is 2. The number of carbonyl (C=O) groups is 1. The van der Waals surface area contributed by atoms with Crippen molar-refractivity contribution in [2.24, 2.45) is 5.92 Å². The Morgan fingerprint density at radius 1 is 1.33 bits per heavy atom. The molecule has 3 nitrogen and oxygen atoms in total. The molecule has 3 rings (SSSR count). The molecule has 0 N–H and O–H groups in total. The van der Waals surface area contributed by atoms with E-state index in [1.165, 1.54) is 6.42 Å². The number of likely N-dealkylation sites (tertiary alicyclic amines) is 1. The van der Waals surface area contributed by atoms with Gasteiger partial charge in [-0.2, -0.15) is 0 Å². The van der Waals surface area contributed by atoms with Gasteiger partial charge in [0.25, 0.3) is 5.91 Å². The van der Waals surface area contributed by atoms with E-state index in [1.807, 2.05) is 30.0 Å². The molecule has 1 amide bonds. The fourth-order valence-corrected chi connectivity index (χ4v) is 3.37. The summed E-state index contributed by atoms with van der Waals surface area (Å²) in [6.07, 6.45) is 3.37. The summed E-state index contributed by atoms with van der Waals surface area (Å²) in [5.41, 5.74) is 1.72. The Hall–Kier alpha value is -1.29. The summed E-state index contributed by atoms with van der Waals surface area (Å²) in [6.45, 7) is 5.90. The Morgan fingerprint density at radius 3 is 2.95 bits per heavy atom. The molecule has 1 aliphatic heterocycles. The number of benzene rings is 1. The molecular formula is C17H20BrNO2. The fourth-order valence-electron chi connectivity index (χ4n) is 3.01. The number of fused-ring (bicyclic) bond motifs is 1. The van der Waals surface area contributed by atoms with E-state index < -0.39 is 0 Å². The molecule has 1 aromatic heterocycles. The van der Waals surface area contributed by atoms with Crippen molar-refractivity contribution < 1.29 is 9.21 Å². The zero-order valence-corrected chi connectivity index (χ0v) is 14.1. The molecule has 0 spiro atoms. The van der Waals surface area contributed by atoms with Crippen LogP contribution in [0.5, 0.6) is 0 Å². The molecule has 1 unspecified atom stereocenters. The maximum Gasteiger partial charge on any atom is 0.289 e. The van der Waals surface area contributed by atoms with E-state index in [2.05, 4.69) is 22.9 Å². The maximum atomic E-state index is 12.8. The summed E-state index contributed by atoms with van der Waals surface area (Å²) in [7, 11) is 0. The monoisotopic (exact) mass is 349 g/mol. The molecule has 21 heavy (non-hydrogen) atoms. The van der Waals surface area contributed by atoms with Gasteiger partial charge in [-0.1, -0.05) is 22.9 Å². The summed E-state index contributed by atoms with van der Waals surface area (Å²) < 4.78 is 6.83. The van der Waals surface area contributed by atoms with Gasteiger partial charge in [0.2, 0.25) is 0 Å². The number of amides is 1. The standard InChI is InChI=1S/C17H20BrNO2/c1-11-4-3-8-19(9-7-11)17(20)16-12(2)14-10-13(18)5-6-15(14)21-16/h5-6,10-11H,3-4,7-9H2,1-2H3. The lowest BCUT2D eigenvalue weighted by Crippen LogP contribution is -2.32. The Bertz CT molecular complexity index is 677. The second-order valence-electron chi connectivity index (χ2n) is 6.02. The number of furan rings is 1. The first-order valence-electron chi connectivity index (χ1n) is 7.54. The molecule has 0 bridgehead atoms. The van der Waals surface area contributed by atoms with Crippen LogP contribution in [0.15, 0.2) is 27.1 Å². The van der Waals surface area contributed by atoms with Crippen molar-refractivity contribution in [2.75, 3.05) is 13.1 Å². The van der Waals surface area contributed by atoms with Crippen LogP contribution in [0.3, 0.4) is 0 Å². The van der Waals surface area contributed by atoms with Crippen molar-refractivity contribution in [3.05, 3.63) is 34.0 Å². The minimum absolute atomic E-state index is 0.0360. The van der Waals surface area contributed by atoms with E-state index >= 15 is 0 Å². The van der Waals surface area contributed by atoms with Crippen LogP contribution in [0.4, 0.5) is 0 Å². The van der Waals surface area contributed by atoms with Crippen LogP contribution >= 0.6 is 15.9 Å². The summed E-state index contributed by atoms with van der Waals surface area (Å²) >= 11 is 3.47. The number of halogens is 1. The zero-order chi connectivity index (χ0) is 15.0. The molecule has 1 aliphatic rings. The van der Waals surface area contributed by atoms with Crippen LogP contribution in [-0.2, 0) is 0 Å². The van der Waals surface area contributed by atoms with E-state index in [1.54, 1.807) is 0 Å². The Morgan fingerprint density at radius 2 is 2.14 bits per heavy atom. The van der Waals surface area contributed by atoms with Crippen molar-refractivity contribution in [3.8, 4) is 0 Å². The number of carbonyl (C=O) groups excluding carboxylic acids is 1. The zero-order valence-electron chi connectivity index (χ0n) is 12.5. The first-order chi connectivity index (χ1) is 10.1. The molecular weight excluding hydrogens is 330 g/mol. The molecule has 0 aliphatic carbocycles. The Labute approximate surface area is 133 Å². The number of aryl methyl sites for hydroxylation is 1. The van der Waals surface area contributed by atoms with Crippen molar-refractivity contribution >= 4 is 32.8 Å². The third-order valence-electron chi connectivity index (χ3n) is 4.40. The van der Waals surface area contributed by atoms with Crippen molar-refractivity contribution in [3.63, 3.8) is 0 Å². The van der Waals surface area contributed by atoms with Crippen LogP contribution in [0.2, 0.25) is 0 Å². The highest BCUT2D eigenvalue weighted by molar-refractivity contribution is 9.10. The van der Waals surface area contributed by atoms with Gasteiger partial charge in [-0.3, -0.25) is 4.79 Å². The molecule has 1 aromatic carbocycles. The van der Waals surface area contributed by atoms with Crippen LogP contribution in [0.1, 0.15) is 42.3 Å². The normalized spacial score (nSPS) is 19.8. The molecule has 0 saturated carbocycles. The lowest BCUT2D eigenvalue weighted by Gasteiger charge is -2.19. The maximum absolute atomic E-state index is 12.8. The minimum Gasteiger partial charge on any atom is -0.451 e. The summed E-state index contributed by atoms with van der Waals surface area (Å²) in [5.74, 6) is 1.24. The van der Waals surface area contributed by atoms with Crippen molar-refractivity contribution in [1.29, 1.82) is 0 Å². The topological polar surface area (TPSA) is 33.5 Å². The summed E-state index contributed by atoms with van der Waals surface area (Å²) in [6, 6.07) is 5.86. The predicted molar refractivity (Wildman–Crippen MR) is 87.6 cm³/mol. The number of nitrogens with zero attached hydrogens (tertiary/aromatic N) is 1. The van der Waals surface area contributed by atoms with Crippen LogP contribution in [-0.4, -0.2) is 23.9 Å². The van der Waals surface area contributed by atoms with Gasteiger partial charge in [-0.05, 0) is 50.3 Å². The van der Waals surface area contributed by atoms with Gasteiger partial charge in [0.1, 0.15) is 5.58 Å². The Kier molecular flexibility index (Phi) is 4.07. The molecule has 0 radical (unpaired) electrons. The first-order valence-corrected chi connectivity index (χ1v) is 8.33. The van der Waals surface area contributed by atoms with Gasteiger partial charge in [0, 0.05) is 28.5 Å². The predicted octanol–water partition coefficient (Wildman–Crippen LogP) is 4.77. The highest BCUT2D eigenvalue weighted by atomic mass is 79.9. The smallest absolute Gasteiger partial charge is 0.289 e. The molecule has 1 saturated heterocycles. The molecule has 2 aromatic rings. The average molecular weight is 350 g/mol. The van der Waals surface area contributed by atoms with E-state index in [0.717, 1.165) is 46.9 Å². The highest BCUT2D eigenvalue weighted by Crippen LogP contribution is 2.29. The van der Waals surface area contributed by atoms with Gasteiger partial charge in [0.15, 0.2) is 5.76 Å². The molecule has 4 heteroatoms. The van der Waals surface area contributed by atoms with Gasteiger partial charge in [-0.25, -0.2) is 0 Å². The van der Waals surface area contributed by atoms with E-state index in [0.29, 0.717) is 11.7 Å². The van der Waals surface area contributed by atoms with Gasteiger partial charge >= 0.3 is 0 Å². The summed E-state index contributed by atoms with van der Waals surface area (Å²) in [4.78, 5) is 14.7. The minimum atomic E-state index is 0.0360. The van der Waals surface area contributed by atoms with E-state index in [-0.39, 0.29) is 5.91 Å². The van der Waals surface area contributed by atoms with Crippen LogP contribution in [0, 0.1) is 12.8 Å². The lowest BCUT2D eigenvalue weighted by atomic mass is 10.0.